The zero-order valence-corrected chi connectivity index (χ0v) is 10.7. The first-order valence-corrected chi connectivity index (χ1v) is 6.10. The predicted octanol–water partition coefficient (Wildman–Crippen LogP) is 1.67. The van der Waals surface area contributed by atoms with Crippen molar-refractivity contribution >= 4 is 11.6 Å². The van der Waals surface area contributed by atoms with E-state index in [2.05, 4.69) is 20.8 Å². The van der Waals surface area contributed by atoms with Crippen molar-refractivity contribution < 1.29 is 9.21 Å². The molecule has 2 rings (SSSR count). The van der Waals surface area contributed by atoms with Gasteiger partial charge in [0, 0.05) is 17.7 Å². The normalized spacial score (nSPS) is 10.4. The van der Waals surface area contributed by atoms with Crippen molar-refractivity contribution in [2.75, 3.05) is 18.9 Å². The summed E-state index contributed by atoms with van der Waals surface area (Å²) >= 11 is 0. The van der Waals surface area contributed by atoms with Crippen LogP contribution in [0.5, 0.6) is 0 Å². The van der Waals surface area contributed by atoms with Gasteiger partial charge in [-0.3, -0.25) is 4.79 Å². The van der Waals surface area contributed by atoms with Gasteiger partial charge in [0.15, 0.2) is 0 Å². The Kier molecular flexibility index (Phi) is 4.63. The zero-order valence-electron chi connectivity index (χ0n) is 10.7. The topological polar surface area (TPSA) is 80.0 Å². The van der Waals surface area contributed by atoms with Crippen molar-refractivity contribution in [1.29, 1.82) is 0 Å². The third kappa shape index (κ3) is 3.89. The Hall–Kier alpha value is -2.21. The van der Waals surface area contributed by atoms with Crippen LogP contribution in [-0.2, 0) is 4.79 Å². The molecule has 1 aromatic heterocycles. The van der Waals surface area contributed by atoms with Gasteiger partial charge in [-0.2, -0.15) is 0 Å². The minimum absolute atomic E-state index is 0.0146. The van der Waals surface area contributed by atoms with E-state index >= 15 is 0 Å². The molecule has 1 heterocycles. The number of rotatable bonds is 6. The van der Waals surface area contributed by atoms with Crippen molar-refractivity contribution in [3.05, 3.63) is 30.7 Å². The molecule has 0 spiro atoms. The summed E-state index contributed by atoms with van der Waals surface area (Å²) in [7, 11) is 1.87. The second-order valence-corrected chi connectivity index (χ2v) is 4.08. The summed E-state index contributed by atoms with van der Waals surface area (Å²) in [5.74, 6) is 0.479. The van der Waals surface area contributed by atoms with E-state index < -0.39 is 0 Å². The van der Waals surface area contributed by atoms with E-state index in [-0.39, 0.29) is 5.91 Å². The lowest BCUT2D eigenvalue weighted by atomic mass is 10.2. The quantitative estimate of drug-likeness (QED) is 0.772. The molecule has 0 bridgehead atoms. The van der Waals surface area contributed by atoms with Gasteiger partial charge in [0.2, 0.25) is 18.2 Å². The number of nitrogens with one attached hydrogen (secondary N) is 2. The Bertz CT molecular complexity index is 508. The van der Waals surface area contributed by atoms with Crippen LogP contribution in [0, 0.1) is 0 Å². The highest BCUT2D eigenvalue weighted by Gasteiger charge is 2.05. The van der Waals surface area contributed by atoms with Crippen LogP contribution in [0.15, 0.2) is 35.1 Å². The molecule has 0 saturated heterocycles. The van der Waals surface area contributed by atoms with Gasteiger partial charge in [0.05, 0.1) is 0 Å². The van der Waals surface area contributed by atoms with Crippen LogP contribution >= 0.6 is 0 Å². The summed E-state index contributed by atoms with van der Waals surface area (Å²) in [4.78, 5) is 11.6. The van der Waals surface area contributed by atoms with E-state index in [1.807, 2.05) is 31.3 Å². The Labute approximate surface area is 111 Å². The first kappa shape index (κ1) is 13.2. The van der Waals surface area contributed by atoms with Gasteiger partial charge in [0.1, 0.15) is 0 Å². The smallest absolute Gasteiger partial charge is 0.247 e. The molecule has 0 atom stereocenters. The second kappa shape index (κ2) is 6.65. The van der Waals surface area contributed by atoms with Crippen LogP contribution in [0.3, 0.4) is 0 Å². The summed E-state index contributed by atoms with van der Waals surface area (Å²) in [5, 5.41) is 13.3. The Morgan fingerprint density at radius 2 is 2.11 bits per heavy atom. The van der Waals surface area contributed by atoms with E-state index in [1.165, 1.54) is 6.39 Å². The molecule has 0 aliphatic rings. The van der Waals surface area contributed by atoms with Crippen molar-refractivity contribution in [2.45, 2.75) is 12.8 Å². The third-order valence-electron chi connectivity index (χ3n) is 2.61. The van der Waals surface area contributed by atoms with Crippen LogP contribution in [0.4, 0.5) is 5.69 Å². The summed E-state index contributed by atoms with van der Waals surface area (Å²) in [6.07, 6.45) is 2.61. The molecule has 1 aromatic carbocycles. The lowest BCUT2D eigenvalue weighted by Gasteiger charge is -2.05. The minimum Gasteiger partial charge on any atom is -0.423 e. The number of benzene rings is 1. The van der Waals surface area contributed by atoms with Crippen LogP contribution in [0.25, 0.3) is 11.5 Å². The number of carbonyl (C=O) groups excluding carboxylic acids is 1. The number of anilines is 1. The molecule has 2 aromatic rings. The van der Waals surface area contributed by atoms with Gasteiger partial charge in [0.25, 0.3) is 0 Å². The number of amides is 1. The number of nitrogens with zero attached hydrogens (tertiary/aromatic N) is 2. The van der Waals surface area contributed by atoms with E-state index in [0.717, 1.165) is 24.2 Å². The molecule has 6 heteroatoms. The number of aromatic nitrogens is 2. The molecule has 1 amide bonds. The average Bonchev–Trinajstić information content (AvgIpc) is 2.94. The molecule has 19 heavy (non-hydrogen) atoms. The standard InChI is InChI=1S/C13H16N4O2/c1-14-8-2-3-12(18)16-11-6-4-10(5-7-11)13-17-15-9-19-13/h4-7,9,14H,2-3,8H2,1H3,(H,16,18). The maximum absolute atomic E-state index is 11.6. The fraction of sp³-hybridized carbons (Fsp3) is 0.308. The Balaban J connectivity index is 1.90. The molecule has 0 aliphatic heterocycles. The molecular weight excluding hydrogens is 244 g/mol. The molecule has 0 radical (unpaired) electrons. The molecular formula is C13H16N4O2. The lowest BCUT2D eigenvalue weighted by molar-refractivity contribution is -0.116. The van der Waals surface area contributed by atoms with Crippen molar-refractivity contribution in [1.82, 2.24) is 15.5 Å². The summed E-state index contributed by atoms with van der Waals surface area (Å²) in [6.45, 7) is 0.837. The molecule has 0 saturated carbocycles. The highest BCUT2D eigenvalue weighted by Crippen LogP contribution is 2.18. The molecule has 2 N–H and O–H groups in total. The van der Waals surface area contributed by atoms with Crippen molar-refractivity contribution in [3.63, 3.8) is 0 Å². The maximum atomic E-state index is 11.6. The summed E-state index contributed by atoms with van der Waals surface area (Å²) in [5.41, 5.74) is 1.59. The van der Waals surface area contributed by atoms with Gasteiger partial charge in [-0.1, -0.05) is 0 Å². The molecule has 0 fully saturated rings. The highest BCUT2D eigenvalue weighted by atomic mass is 16.4. The van der Waals surface area contributed by atoms with Crippen molar-refractivity contribution in [3.8, 4) is 11.5 Å². The van der Waals surface area contributed by atoms with Crippen LogP contribution in [0.2, 0.25) is 0 Å². The SMILES string of the molecule is CNCCCC(=O)Nc1ccc(-c2nnco2)cc1. The van der Waals surface area contributed by atoms with Gasteiger partial charge in [-0.05, 0) is 44.3 Å². The van der Waals surface area contributed by atoms with E-state index in [1.54, 1.807) is 0 Å². The van der Waals surface area contributed by atoms with E-state index in [4.69, 9.17) is 4.42 Å². The van der Waals surface area contributed by atoms with Gasteiger partial charge < -0.3 is 15.1 Å². The van der Waals surface area contributed by atoms with Crippen LogP contribution in [-0.4, -0.2) is 29.7 Å². The zero-order chi connectivity index (χ0) is 13.5. The molecule has 100 valence electrons. The third-order valence-corrected chi connectivity index (χ3v) is 2.61. The fourth-order valence-electron chi connectivity index (χ4n) is 1.64. The number of carbonyl (C=O) groups is 1. The van der Waals surface area contributed by atoms with Crippen LogP contribution in [0.1, 0.15) is 12.8 Å². The molecule has 6 nitrogen and oxygen atoms in total. The van der Waals surface area contributed by atoms with E-state index in [0.29, 0.717) is 12.3 Å². The predicted molar refractivity (Wildman–Crippen MR) is 71.5 cm³/mol. The summed E-state index contributed by atoms with van der Waals surface area (Å²) in [6, 6.07) is 7.29. The Morgan fingerprint density at radius 3 is 2.74 bits per heavy atom. The fourth-order valence-corrected chi connectivity index (χ4v) is 1.64. The first-order valence-electron chi connectivity index (χ1n) is 6.10. The molecule has 0 unspecified atom stereocenters. The van der Waals surface area contributed by atoms with Gasteiger partial charge in [-0.15, -0.1) is 10.2 Å². The number of hydrogen-bond acceptors (Lipinski definition) is 5. The largest absolute Gasteiger partial charge is 0.423 e. The Morgan fingerprint density at radius 1 is 1.32 bits per heavy atom. The lowest BCUT2D eigenvalue weighted by Crippen LogP contribution is -2.15. The van der Waals surface area contributed by atoms with Gasteiger partial charge in [-0.25, -0.2) is 0 Å². The minimum atomic E-state index is 0.0146. The first-order chi connectivity index (χ1) is 9.29. The van der Waals surface area contributed by atoms with Crippen LogP contribution < -0.4 is 10.6 Å². The average molecular weight is 260 g/mol. The second-order valence-electron chi connectivity index (χ2n) is 4.08. The monoisotopic (exact) mass is 260 g/mol. The number of hydrogen-bond donors (Lipinski definition) is 2. The highest BCUT2D eigenvalue weighted by molar-refractivity contribution is 5.90. The molecule has 0 aliphatic carbocycles. The van der Waals surface area contributed by atoms with Gasteiger partial charge >= 0.3 is 0 Å². The maximum Gasteiger partial charge on any atom is 0.247 e. The van der Waals surface area contributed by atoms with Crippen molar-refractivity contribution in [2.24, 2.45) is 0 Å². The summed E-state index contributed by atoms with van der Waals surface area (Å²) < 4.78 is 5.09. The van der Waals surface area contributed by atoms with E-state index in [9.17, 15) is 4.79 Å².